The van der Waals surface area contributed by atoms with Gasteiger partial charge in [-0.15, -0.1) is 0 Å². The number of fused-ring (bicyclic) bond motifs is 1. The first-order valence-corrected chi connectivity index (χ1v) is 6.29. The van der Waals surface area contributed by atoms with Crippen LogP contribution in [0, 0.1) is 0 Å². The SMILES string of the molecule is CC1C(N2CCCCC2)=Nc2ccccc21. The molecule has 2 nitrogen and oxygen atoms in total. The van der Waals surface area contributed by atoms with Crippen LogP contribution in [-0.2, 0) is 0 Å². The van der Waals surface area contributed by atoms with Crippen molar-refractivity contribution < 1.29 is 0 Å². The van der Waals surface area contributed by atoms with Crippen LogP contribution >= 0.6 is 0 Å². The van der Waals surface area contributed by atoms with Crippen molar-refractivity contribution in [2.45, 2.75) is 32.1 Å². The summed E-state index contributed by atoms with van der Waals surface area (Å²) in [5, 5.41) is 0. The van der Waals surface area contributed by atoms with Crippen molar-refractivity contribution in [1.29, 1.82) is 0 Å². The van der Waals surface area contributed by atoms with Crippen LogP contribution in [0.4, 0.5) is 5.69 Å². The smallest absolute Gasteiger partial charge is 0.112 e. The Morgan fingerprint density at radius 1 is 1.12 bits per heavy atom. The zero-order valence-electron chi connectivity index (χ0n) is 9.82. The van der Waals surface area contributed by atoms with Gasteiger partial charge in [-0.2, -0.15) is 0 Å². The average molecular weight is 214 g/mol. The summed E-state index contributed by atoms with van der Waals surface area (Å²) in [6, 6.07) is 8.53. The van der Waals surface area contributed by atoms with Crippen molar-refractivity contribution >= 4 is 11.5 Å². The summed E-state index contributed by atoms with van der Waals surface area (Å²) in [4.78, 5) is 7.28. The first kappa shape index (κ1) is 9.88. The first-order chi connectivity index (χ1) is 7.86. The van der Waals surface area contributed by atoms with Gasteiger partial charge in [0.1, 0.15) is 5.84 Å². The van der Waals surface area contributed by atoms with Gasteiger partial charge in [-0.1, -0.05) is 25.1 Å². The van der Waals surface area contributed by atoms with Crippen LogP contribution in [0.5, 0.6) is 0 Å². The molecule has 0 spiro atoms. The minimum absolute atomic E-state index is 0.481. The molecule has 0 aliphatic carbocycles. The summed E-state index contributed by atoms with van der Waals surface area (Å²) in [6.07, 6.45) is 4.02. The van der Waals surface area contributed by atoms with Crippen LogP contribution in [-0.4, -0.2) is 23.8 Å². The average Bonchev–Trinajstić information content (AvgIpc) is 2.69. The quantitative estimate of drug-likeness (QED) is 0.647. The highest BCUT2D eigenvalue weighted by Gasteiger charge is 2.27. The maximum absolute atomic E-state index is 4.80. The lowest BCUT2D eigenvalue weighted by atomic mass is 9.99. The standard InChI is InChI=1S/C14H18N2/c1-11-12-7-3-4-8-13(12)15-14(11)16-9-5-2-6-10-16/h3-4,7-8,11H,2,5-6,9-10H2,1H3. The van der Waals surface area contributed by atoms with Crippen molar-refractivity contribution in [2.24, 2.45) is 4.99 Å². The van der Waals surface area contributed by atoms with E-state index in [4.69, 9.17) is 4.99 Å². The minimum atomic E-state index is 0.481. The third-order valence-electron chi connectivity index (χ3n) is 3.71. The molecular formula is C14H18N2. The normalized spacial score (nSPS) is 24.2. The molecule has 1 saturated heterocycles. The van der Waals surface area contributed by atoms with Gasteiger partial charge in [0.05, 0.1) is 5.69 Å². The molecular weight excluding hydrogens is 196 g/mol. The number of nitrogens with zero attached hydrogens (tertiary/aromatic N) is 2. The molecule has 2 aliphatic rings. The molecule has 16 heavy (non-hydrogen) atoms. The second-order valence-corrected chi connectivity index (χ2v) is 4.80. The minimum Gasteiger partial charge on any atom is -0.360 e. The number of hydrogen-bond acceptors (Lipinski definition) is 2. The molecule has 1 aromatic rings. The predicted molar refractivity (Wildman–Crippen MR) is 67.4 cm³/mol. The molecule has 0 amide bonds. The van der Waals surface area contributed by atoms with Gasteiger partial charge in [-0.25, -0.2) is 4.99 Å². The topological polar surface area (TPSA) is 15.6 Å². The molecule has 1 fully saturated rings. The van der Waals surface area contributed by atoms with E-state index in [9.17, 15) is 0 Å². The van der Waals surface area contributed by atoms with Gasteiger partial charge in [-0.3, -0.25) is 0 Å². The first-order valence-electron chi connectivity index (χ1n) is 6.29. The zero-order chi connectivity index (χ0) is 11.0. The van der Waals surface area contributed by atoms with Crippen LogP contribution in [0.25, 0.3) is 0 Å². The third-order valence-corrected chi connectivity index (χ3v) is 3.71. The number of likely N-dealkylation sites (tertiary alicyclic amines) is 1. The second-order valence-electron chi connectivity index (χ2n) is 4.80. The van der Waals surface area contributed by atoms with E-state index in [1.807, 2.05) is 0 Å². The van der Waals surface area contributed by atoms with Crippen LogP contribution < -0.4 is 0 Å². The van der Waals surface area contributed by atoms with E-state index in [0.29, 0.717) is 5.92 Å². The Balaban J connectivity index is 1.89. The number of aliphatic imine (C=N–C) groups is 1. The molecule has 1 aromatic carbocycles. The molecule has 0 aromatic heterocycles. The van der Waals surface area contributed by atoms with E-state index in [1.165, 1.54) is 49.4 Å². The lowest BCUT2D eigenvalue weighted by Crippen LogP contribution is -2.37. The van der Waals surface area contributed by atoms with Gasteiger partial charge in [0.15, 0.2) is 0 Å². The summed E-state index contributed by atoms with van der Waals surface area (Å²) in [7, 11) is 0. The van der Waals surface area contributed by atoms with E-state index in [-0.39, 0.29) is 0 Å². The Morgan fingerprint density at radius 2 is 1.88 bits per heavy atom. The van der Waals surface area contributed by atoms with E-state index >= 15 is 0 Å². The van der Waals surface area contributed by atoms with Crippen molar-refractivity contribution in [2.75, 3.05) is 13.1 Å². The summed E-state index contributed by atoms with van der Waals surface area (Å²) in [6.45, 7) is 4.66. The summed E-state index contributed by atoms with van der Waals surface area (Å²) < 4.78 is 0. The van der Waals surface area contributed by atoms with Crippen LogP contribution in [0.1, 0.15) is 37.7 Å². The number of para-hydroxylation sites is 1. The van der Waals surface area contributed by atoms with Gasteiger partial charge in [-0.05, 0) is 30.9 Å². The Kier molecular flexibility index (Phi) is 2.43. The number of amidine groups is 1. The Labute approximate surface area is 97.0 Å². The Morgan fingerprint density at radius 3 is 2.62 bits per heavy atom. The van der Waals surface area contributed by atoms with E-state index < -0.39 is 0 Å². The zero-order valence-corrected chi connectivity index (χ0v) is 9.82. The fourth-order valence-electron chi connectivity index (χ4n) is 2.78. The molecule has 84 valence electrons. The molecule has 2 aliphatic heterocycles. The van der Waals surface area contributed by atoms with Gasteiger partial charge in [0, 0.05) is 19.0 Å². The van der Waals surface area contributed by atoms with Gasteiger partial charge < -0.3 is 4.90 Å². The number of hydrogen-bond donors (Lipinski definition) is 0. The van der Waals surface area contributed by atoms with Crippen molar-refractivity contribution in [3.05, 3.63) is 29.8 Å². The Hall–Kier alpha value is -1.31. The number of rotatable bonds is 0. The molecule has 1 atom stereocenters. The summed E-state index contributed by atoms with van der Waals surface area (Å²) >= 11 is 0. The highest BCUT2D eigenvalue weighted by Crippen LogP contribution is 2.36. The van der Waals surface area contributed by atoms with Crippen molar-refractivity contribution in [3.8, 4) is 0 Å². The van der Waals surface area contributed by atoms with Crippen LogP contribution in [0.15, 0.2) is 29.3 Å². The largest absolute Gasteiger partial charge is 0.360 e. The molecule has 2 heteroatoms. The molecule has 2 heterocycles. The molecule has 1 unspecified atom stereocenters. The summed E-state index contributed by atoms with van der Waals surface area (Å²) in [5.41, 5.74) is 2.57. The van der Waals surface area contributed by atoms with Crippen LogP contribution in [0.3, 0.4) is 0 Å². The second kappa shape index (κ2) is 3.93. The lowest BCUT2D eigenvalue weighted by molar-refractivity contribution is 0.335. The number of piperidine rings is 1. The third kappa shape index (κ3) is 1.53. The van der Waals surface area contributed by atoms with Gasteiger partial charge in [0.2, 0.25) is 0 Å². The van der Waals surface area contributed by atoms with E-state index in [1.54, 1.807) is 0 Å². The fraction of sp³-hybridized carbons (Fsp3) is 0.500. The fourth-order valence-corrected chi connectivity index (χ4v) is 2.78. The Bertz CT molecular complexity index is 416. The highest BCUT2D eigenvalue weighted by molar-refractivity contribution is 5.96. The molecule has 0 bridgehead atoms. The number of benzene rings is 1. The van der Waals surface area contributed by atoms with E-state index in [0.717, 1.165) is 0 Å². The molecule has 0 radical (unpaired) electrons. The van der Waals surface area contributed by atoms with Crippen LogP contribution in [0.2, 0.25) is 0 Å². The van der Waals surface area contributed by atoms with Gasteiger partial charge in [0.25, 0.3) is 0 Å². The molecule has 3 rings (SSSR count). The van der Waals surface area contributed by atoms with Crippen molar-refractivity contribution in [1.82, 2.24) is 4.90 Å². The van der Waals surface area contributed by atoms with Gasteiger partial charge >= 0.3 is 0 Å². The maximum Gasteiger partial charge on any atom is 0.112 e. The molecule has 0 saturated carbocycles. The monoisotopic (exact) mass is 214 g/mol. The van der Waals surface area contributed by atoms with Crippen molar-refractivity contribution in [3.63, 3.8) is 0 Å². The summed E-state index contributed by atoms with van der Waals surface area (Å²) in [5.74, 6) is 1.77. The highest BCUT2D eigenvalue weighted by atomic mass is 15.2. The van der Waals surface area contributed by atoms with E-state index in [2.05, 4.69) is 36.1 Å². The maximum atomic E-state index is 4.80. The molecule has 0 N–H and O–H groups in total. The predicted octanol–water partition coefficient (Wildman–Crippen LogP) is 3.32. The lowest BCUT2D eigenvalue weighted by Gasteiger charge is -2.30.